The number of rotatable bonds is 6. The minimum Gasteiger partial charge on any atom is -0.353 e. The lowest BCUT2D eigenvalue weighted by atomic mass is 9.93. The Balaban J connectivity index is 1.65. The fraction of sp³-hybridized carbons (Fsp3) is 0.619. The van der Waals surface area contributed by atoms with Crippen molar-refractivity contribution in [3.05, 3.63) is 29.8 Å². The molecule has 2 N–H and O–H groups in total. The molecule has 2 fully saturated rings. The van der Waals surface area contributed by atoms with Crippen molar-refractivity contribution in [2.24, 2.45) is 5.92 Å². The number of amides is 2. The van der Waals surface area contributed by atoms with Crippen LogP contribution in [0.5, 0.6) is 0 Å². The number of nitrogens with one attached hydrogen (secondary N) is 2. The Morgan fingerprint density at radius 1 is 1.10 bits per heavy atom. The second kappa shape index (κ2) is 9.71. The molecule has 8 heteroatoms. The van der Waals surface area contributed by atoms with E-state index in [0.717, 1.165) is 38.5 Å². The van der Waals surface area contributed by atoms with E-state index in [0.29, 0.717) is 18.7 Å². The van der Waals surface area contributed by atoms with E-state index in [2.05, 4.69) is 10.0 Å². The van der Waals surface area contributed by atoms with Gasteiger partial charge < -0.3 is 10.2 Å². The van der Waals surface area contributed by atoms with Gasteiger partial charge in [-0.15, -0.1) is 0 Å². The van der Waals surface area contributed by atoms with Gasteiger partial charge in [-0.05, 0) is 43.9 Å². The van der Waals surface area contributed by atoms with Gasteiger partial charge >= 0.3 is 0 Å². The third-order valence-electron chi connectivity index (χ3n) is 5.76. The van der Waals surface area contributed by atoms with E-state index in [4.69, 9.17) is 0 Å². The monoisotopic (exact) mass is 421 g/mol. The minimum atomic E-state index is -3.62. The van der Waals surface area contributed by atoms with Gasteiger partial charge in [0, 0.05) is 31.2 Å². The van der Waals surface area contributed by atoms with Crippen molar-refractivity contribution < 1.29 is 18.0 Å². The lowest BCUT2D eigenvalue weighted by Crippen LogP contribution is -2.48. The van der Waals surface area contributed by atoms with E-state index in [1.807, 2.05) is 0 Å². The number of piperidine rings is 1. The number of carbonyl (C=O) groups excluding carboxylic acids is 2. The molecule has 0 spiro atoms. The lowest BCUT2D eigenvalue weighted by Gasteiger charge is -2.33. The average Bonchev–Trinajstić information content (AvgIpc) is 2.74. The van der Waals surface area contributed by atoms with Gasteiger partial charge in [-0.25, -0.2) is 13.1 Å². The lowest BCUT2D eigenvalue weighted by molar-refractivity contribution is -0.127. The van der Waals surface area contributed by atoms with Gasteiger partial charge in [-0.3, -0.25) is 9.59 Å². The van der Waals surface area contributed by atoms with Gasteiger partial charge in [0.15, 0.2) is 0 Å². The van der Waals surface area contributed by atoms with Crippen LogP contribution in [0.1, 0.15) is 62.2 Å². The summed E-state index contributed by atoms with van der Waals surface area (Å²) in [6, 6.07) is 6.35. The van der Waals surface area contributed by atoms with E-state index in [1.54, 1.807) is 24.0 Å². The molecular formula is C21H31N3O4S. The van der Waals surface area contributed by atoms with Crippen molar-refractivity contribution in [1.82, 2.24) is 14.9 Å². The Morgan fingerprint density at radius 3 is 2.59 bits per heavy atom. The highest BCUT2D eigenvalue weighted by atomic mass is 32.2. The quantitative estimate of drug-likeness (QED) is 0.737. The summed E-state index contributed by atoms with van der Waals surface area (Å²) in [7, 11) is -3.62. The van der Waals surface area contributed by atoms with Gasteiger partial charge in [0.1, 0.15) is 0 Å². The summed E-state index contributed by atoms with van der Waals surface area (Å²) in [5.41, 5.74) is 0.331. The third kappa shape index (κ3) is 5.57. The van der Waals surface area contributed by atoms with Crippen LogP contribution in [-0.2, 0) is 14.8 Å². The number of hydrogen-bond donors (Lipinski definition) is 2. The number of carbonyl (C=O) groups is 2. The maximum Gasteiger partial charge on any atom is 0.253 e. The molecule has 1 aromatic rings. The molecule has 1 saturated heterocycles. The van der Waals surface area contributed by atoms with Crippen molar-refractivity contribution in [3.8, 4) is 0 Å². The Morgan fingerprint density at radius 2 is 1.86 bits per heavy atom. The average molecular weight is 422 g/mol. The van der Waals surface area contributed by atoms with Crippen molar-refractivity contribution in [2.75, 3.05) is 19.6 Å². The minimum absolute atomic E-state index is 0.0397. The Kier molecular flexibility index (Phi) is 7.29. The van der Waals surface area contributed by atoms with Crippen molar-refractivity contribution in [3.63, 3.8) is 0 Å². The molecule has 160 valence electrons. The van der Waals surface area contributed by atoms with Gasteiger partial charge in [0.05, 0.1) is 10.8 Å². The van der Waals surface area contributed by atoms with Gasteiger partial charge in [-0.1, -0.05) is 32.3 Å². The summed E-state index contributed by atoms with van der Waals surface area (Å²) in [6.07, 6.45) is 7.17. The summed E-state index contributed by atoms with van der Waals surface area (Å²) >= 11 is 0. The fourth-order valence-electron chi connectivity index (χ4n) is 4.19. The van der Waals surface area contributed by atoms with Gasteiger partial charge in [0.25, 0.3) is 5.91 Å². The SMILES string of the molecule is CCNS(=O)(=O)c1cccc(C(=O)N2CCCC(C(=O)NC3CCCCC3)C2)c1. The maximum absolute atomic E-state index is 13.0. The Labute approximate surface area is 173 Å². The molecule has 1 unspecified atom stereocenters. The number of benzene rings is 1. The van der Waals surface area contributed by atoms with Gasteiger partial charge in [0.2, 0.25) is 15.9 Å². The van der Waals surface area contributed by atoms with Crippen LogP contribution in [0.2, 0.25) is 0 Å². The van der Waals surface area contributed by atoms with E-state index < -0.39 is 10.0 Å². The topological polar surface area (TPSA) is 95.6 Å². The molecule has 1 atom stereocenters. The molecule has 0 aromatic heterocycles. The molecule has 1 heterocycles. The second-order valence-corrected chi connectivity index (χ2v) is 9.73. The van der Waals surface area contributed by atoms with E-state index in [9.17, 15) is 18.0 Å². The molecule has 3 rings (SSSR count). The van der Waals surface area contributed by atoms with E-state index >= 15 is 0 Å². The predicted molar refractivity (Wildman–Crippen MR) is 111 cm³/mol. The van der Waals surface area contributed by atoms with Crippen LogP contribution < -0.4 is 10.0 Å². The summed E-state index contributed by atoms with van der Waals surface area (Å²) in [6.45, 7) is 2.95. The molecule has 0 radical (unpaired) electrons. The molecule has 0 bridgehead atoms. The molecule has 2 amide bonds. The van der Waals surface area contributed by atoms with Crippen LogP contribution in [0.4, 0.5) is 0 Å². The summed E-state index contributed by atoms with van der Waals surface area (Å²) in [5, 5.41) is 3.17. The predicted octanol–water partition coefficient (Wildman–Crippen LogP) is 2.29. The number of hydrogen-bond acceptors (Lipinski definition) is 4. The molecule has 29 heavy (non-hydrogen) atoms. The summed E-state index contributed by atoms with van der Waals surface area (Å²) in [5.74, 6) is -0.394. The number of likely N-dealkylation sites (tertiary alicyclic amines) is 1. The van der Waals surface area contributed by atoms with Crippen LogP contribution in [0.15, 0.2) is 29.2 Å². The smallest absolute Gasteiger partial charge is 0.253 e. The highest BCUT2D eigenvalue weighted by Crippen LogP contribution is 2.22. The molecule has 2 aliphatic rings. The molecule has 1 aliphatic carbocycles. The highest BCUT2D eigenvalue weighted by molar-refractivity contribution is 7.89. The zero-order valence-corrected chi connectivity index (χ0v) is 17.8. The normalized spacial score (nSPS) is 21.0. The Hall–Kier alpha value is -1.93. The first-order chi connectivity index (χ1) is 13.9. The summed E-state index contributed by atoms with van der Waals surface area (Å²) in [4.78, 5) is 27.4. The van der Waals surface area contributed by atoms with Crippen LogP contribution >= 0.6 is 0 Å². The molecular weight excluding hydrogens is 390 g/mol. The van der Waals surface area contributed by atoms with Crippen LogP contribution in [-0.4, -0.2) is 50.8 Å². The van der Waals surface area contributed by atoms with Crippen LogP contribution in [0.3, 0.4) is 0 Å². The largest absolute Gasteiger partial charge is 0.353 e. The molecule has 1 saturated carbocycles. The number of nitrogens with zero attached hydrogens (tertiary/aromatic N) is 1. The second-order valence-electron chi connectivity index (χ2n) is 7.96. The molecule has 1 aromatic carbocycles. The standard InChI is InChI=1S/C21H31N3O4S/c1-2-22-29(27,28)19-12-6-8-16(14-19)21(26)24-13-7-9-17(15-24)20(25)23-18-10-4-3-5-11-18/h6,8,12,14,17-18,22H,2-5,7,9-11,13,15H2,1H3,(H,23,25). The third-order valence-corrected chi connectivity index (χ3v) is 7.30. The van der Waals surface area contributed by atoms with Crippen molar-refractivity contribution in [2.45, 2.75) is 62.8 Å². The first-order valence-corrected chi connectivity index (χ1v) is 12.1. The fourth-order valence-corrected chi connectivity index (χ4v) is 5.28. The molecule has 1 aliphatic heterocycles. The summed E-state index contributed by atoms with van der Waals surface area (Å²) < 4.78 is 26.9. The first kappa shape index (κ1) is 21.8. The first-order valence-electron chi connectivity index (χ1n) is 10.6. The zero-order chi connectivity index (χ0) is 20.9. The molecule has 7 nitrogen and oxygen atoms in total. The zero-order valence-electron chi connectivity index (χ0n) is 17.0. The van der Waals surface area contributed by atoms with Crippen molar-refractivity contribution in [1.29, 1.82) is 0 Å². The van der Waals surface area contributed by atoms with Crippen molar-refractivity contribution >= 4 is 21.8 Å². The van der Waals surface area contributed by atoms with Gasteiger partial charge in [-0.2, -0.15) is 0 Å². The maximum atomic E-state index is 13.0. The number of sulfonamides is 1. The van der Waals surface area contributed by atoms with Crippen LogP contribution in [0.25, 0.3) is 0 Å². The highest BCUT2D eigenvalue weighted by Gasteiger charge is 2.30. The van der Waals surface area contributed by atoms with E-state index in [1.165, 1.54) is 18.6 Å². The van der Waals surface area contributed by atoms with Crippen LogP contribution in [0, 0.1) is 5.92 Å². The Bertz CT molecular complexity index is 834. The van der Waals surface area contributed by atoms with E-state index in [-0.39, 0.29) is 35.2 Å².